The summed E-state index contributed by atoms with van der Waals surface area (Å²) in [4.78, 5) is 30.6. The van der Waals surface area contributed by atoms with Crippen molar-refractivity contribution in [1.82, 2.24) is 14.7 Å². The SMILES string of the molecule is COc1ccc2c(c1C=O)CCN(C(=O)CCN1CCN(C)CC1)C2. The molecule has 2 heterocycles. The first-order chi connectivity index (χ1) is 12.1. The van der Waals surface area contributed by atoms with Crippen LogP contribution in [0.3, 0.4) is 0 Å². The maximum Gasteiger partial charge on any atom is 0.224 e. The van der Waals surface area contributed by atoms with Crippen molar-refractivity contribution in [1.29, 1.82) is 0 Å². The molecule has 1 saturated heterocycles. The Labute approximate surface area is 149 Å². The van der Waals surface area contributed by atoms with E-state index in [0.717, 1.165) is 50.1 Å². The Morgan fingerprint density at radius 3 is 2.64 bits per heavy atom. The molecule has 0 bridgehead atoms. The first-order valence-corrected chi connectivity index (χ1v) is 8.95. The second-order valence-corrected chi connectivity index (χ2v) is 6.90. The van der Waals surface area contributed by atoms with Gasteiger partial charge in [0.05, 0.1) is 12.7 Å². The van der Waals surface area contributed by atoms with Crippen LogP contribution >= 0.6 is 0 Å². The monoisotopic (exact) mass is 345 g/mol. The number of rotatable bonds is 5. The van der Waals surface area contributed by atoms with Crippen LogP contribution in [0, 0.1) is 0 Å². The summed E-state index contributed by atoms with van der Waals surface area (Å²) in [6, 6.07) is 3.79. The van der Waals surface area contributed by atoms with Crippen LogP contribution in [0.25, 0.3) is 0 Å². The molecule has 0 aliphatic carbocycles. The van der Waals surface area contributed by atoms with Gasteiger partial charge in [0.2, 0.25) is 5.91 Å². The number of hydrogen-bond acceptors (Lipinski definition) is 5. The van der Waals surface area contributed by atoms with Crippen molar-refractivity contribution in [2.24, 2.45) is 0 Å². The average Bonchev–Trinajstić information content (AvgIpc) is 2.65. The summed E-state index contributed by atoms with van der Waals surface area (Å²) in [7, 11) is 3.71. The van der Waals surface area contributed by atoms with Gasteiger partial charge in [0.1, 0.15) is 5.75 Å². The zero-order chi connectivity index (χ0) is 17.8. The van der Waals surface area contributed by atoms with Gasteiger partial charge in [0.25, 0.3) is 0 Å². The molecular weight excluding hydrogens is 318 g/mol. The molecule has 136 valence electrons. The number of carbonyl (C=O) groups is 2. The van der Waals surface area contributed by atoms with E-state index in [2.05, 4.69) is 16.8 Å². The average molecular weight is 345 g/mol. The molecule has 1 aromatic carbocycles. The minimum atomic E-state index is 0.202. The Morgan fingerprint density at radius 1 is 1.20 bits per heavy atom. The molecular formula is C19H27N3O3. The number of benzene rings is 1. The maximum absolute atomic E-state index is 12.6. The van der Waals surface area contributed by atoms with Crippen LogP contribution in [0.1, 0.15) is 27.9 Å². The lowest BCUT2D eigenvalue weighted by Crippen LogP contribution is -2.46. The predicted molar refractivity (Wildman–Crippen MR) is 96.1 cm³/mol. The summed E-state index contributed by atoms with van der Waals surface area (Å²) in [5.41, 5.74) is 2.71. The third kappa shape index (κ3) is 4.02. The number of amides is 1. The lowest BCUT2D eigenvalue weighted by Gasteiger charge is -2.33. The van der Waals surface area contributed by atoms with Crippen molar-refractivity contribution in [3.8, 4) is 5.75 Å². The van der Waals surface area contributed by atoms with E-state index in [4.69, 9.17) is 4.74 Å². The second kappa shape index (κ2) is 7.97. The van der Waals surface area contributed by atoms with Crippen LogP contribution in [0.5, 0.6) is 5.75 Å². The van der Waals surface area contributed by atoms with Gasteiger partial charge in [0, 0.05) is 52.2 Å². The van der Waals surface area contributed by atoms with Gasteiger partial charge in [-0.2, -0.15) is 0 Å². The van der Waals surface area contributed by atoms with E-state index in [-0.39, 0.29) is 5.91 Å². The fraction of sp³-hybridized carbons (Fsp3) is 0.579. The van der Waals surface area contributed by atoms with Crippen LogP contribution in [0.4, 0.5) is 0 Å². The maximum atomic E-state index is 12.6. The lowest BCUT2D eigenvalue weighted by atomic mass is 9.94. The molecule has 0 radical (unpaired) electrons. The van der Waals surface area contributed by atoms with E-state index in [1.54, 1.807) is 7.11 Å². The van der Waals surface area contributed by atoms with Crippen molar-refractivity contribution in [3.63, 3.8) is 0 Å². The molecule has 3 rings (SSSR count). The largest absolute Gasteiger partial charge is 0.496 e. The molecule has 0 unspecified atom stereocenters. The Morgan fingerprint density at radius 2 is 1.96 bits per heavy atom. The summed E-state index contributed by atoms with van der Waals surface area (Å²) in [5, 5.41) is 0. The number of fused-ring (bicyclic) bond motifs is 1. The zero-order valence-electron chi connectivity index (χ0n) is 15.2. The smallest absolute Gasteiger partial charge is 0.224 e. The first kappa shape index (κ1) is 17.9. The number of aldehydes is 1. The Kier molecular flexibility index (Phi) is 5.71. The number of likely N-dealkylation sites (N-methyl/N-ethyl adjacent to an activating group) is 1. The van der Waals surface area contributed by atoms with Gasteiger partial charge >= 0.3 is 0 Å². The summed E-state index contributed by atoms with van der Waals surface area (Å²) in [6.45, 7) is 6.30. The fourth-order valence-electron chi connectivity index (χ4n) is 3.67. The zero-order valence-corrected chi connectivity index (χ0v) is 15.2. The Bertz CT molecular complexity index is 639. The molecule has 0 aromatic heterocycles. The summed E-state index contributed by atoms with van der Waals surface area (Å²) in [6.07, 6.45) is 2.14. The third-order valence-electron chi connectivity index (χ3n) is 5.34. The van der Waals surface area contributed by atoms with Gasteiger partial charge in [-0.3, -0.25) is 9.59 Å². The Balaban J connectivity index is 1.59. The molecule has 0 saturated carbocycles. The highest BCUT2D eigenvalue weighted by Crippen LogP contribution is 2.28. The number of nitrogens with zero attached hydrogens (tertiary/aromatic N) is 3. The molecule has 6 heteroatoms. The molecule has 6 nitrogen and oxygen atoms in total. The first-order valence-electron chi connectivity index (χ1n) is 8.95. The van der Waals surface area contributed by atoms with Gasteiger partial charge in [-0.05, 0) is 30.7 Å². The van der Waals surface area contributed by atoms with Gasteiger partial charge < -0.3 is 19.4 Å². The predicted octanol–water partition coefficient (Wildman–Crippen LogP) is 1.03. The van der Waals surface area contributed by atoms with E-state index in [0.29, 0.717) is 37.2 Å². The van der Waals surface area contributed by atoms with Gasteiger partial charge in [-0.25, -0.2) is 0 Å². The highest BCUT2D eigenvalue weighted by molar-refractivity contribution is 5.83. The van der Waals surface area contributed by atoms with Crippen LogP contribution in [-0.2, 0) is 17.8 Å². The van der Waals surface area contributed by atoms with Crippen molar-refractivity contribution in [2.75, 3.05) is 53.4 Å². The highest BCUT2D eigenvalue weighted by atomic mass is 16.5. The molecule has 0 atom stereocenters. The number of piperazine rings is 1. The van der Waals surface area contributed by atoms with Crippen LogP contribution in [0.2, 0.25) is 0 Å². The molecule has 1 fully saturated rings. The highest BCUT2D eigenvalue weighted by Gasteiger charge is 2.24. The number of methoxy groups -OCH3 is 1. The van der Waals surface area contributed by atoms with Crippen molar-refractivity contribution in [2.45, 2.75) is 19.4 Å². The number of ether oxygens (including phenoxy) is 1. The third-order valence-corrected chi connectivity index (χ3v) is 5.34. The van der Waals surface area contributed by atoms with Crippen molar-refractivity contribution in [3.05, 3.63) is 28.8 Å². The Hall–Kier alpha value is -1.92. The minimum Gasteiger partial charge on any atom is -0.496 e. The number of hydrogen-bond donors (Lipinski definition) is 0. The van der Waals surface area contributed by atoms with E-state index in [1.807, 2.05) is 17.0 Å². The molecule has 25 heavy (non-hydrogen) atoms. The van der Waals surface area contributed by atoms with E-state index in [1.165, 1.54) is 0 Å². The van der Waals surface area contributed by atoms with Crippen LogP contribution in [0.15, 0.2) is 12.1 Å². The van der Waals surface area contributed by atoms with E-state index < -0.39 is 0 Å². The topological polar surface area (TPSA) is 53.1 Å². The van der Waals surface area contributed by atoms with Crippen molar-refractivity contribution >= 4 is 12.2 Å². The normalized spacial score (nSPS) is 18.7. The molecule has 0 N–H and O–H groups in total. The summed E-state index contributed by atoms with van der Waals surface area (Å²) in [5.74, 6) is 0.816. The number of carbonyl (C=O) groups excluding carboxylic acids is 2. The van der Waals surface area contributed by atoms with Gasteiger partial charge in [-0.1, -0.05) is 6.07 Å². The van der Waals surface area contributed by atoms with Crippen LogP contribution in [-0.4, -0.2) is 80.3 Å². The molecule has 1 amide bonds. The minimum absolute atomic E-state index is 0.202. The molecule has 2 aliphatic rings. The molecule has 2 aliphatic heterocycles. The summed E-state index contributed by atoms with van der Waals surface area (Å²) >= 11 is 0. The van der Waals surface area contributed by atoms with Gasteiger partial charge in [-0.15, -0.1) is 0 Å². The van der Waals surface area contributed by atoms with E-state index >= 15 is 0 Å². The standard InChI is InChI=1S/C19H27N3O3/c1-20-9-11-21(12-10-20)7-6-19(24)22-8-5-16-15(13-22)3-4-18(25-2)17(16)14-23/h3-4,14H,5-13H2,1-2H3. The fourth-order valence-corrected chi connectivity index (χ4v) is 3.67. The van der Waals surface area contributed by atoms with Gasteiger partial charge in [0.15, 0.2) is 6.29 Å². The summed E-state index contributed by atoms with van der Waals surface area (Å²) < 4.78 is 5.27. The van der Waals surface area contributed by atoms with Crippen LogP contribution < -0.4 is 4.74 Å². The molecule has 0 spiro atoms. The quantitative estimate of drug-likeness (QED) is 0.746. The van der Waals surface area contributed by atoms with Crippen molar-refractivity contribution < 1.29 is 14.3 Å². The lowest BCUT2D eigenvalue weighted by molar-refractivity contribution is -0.132. The molecule has 1 aromatic rings. The second-order valence-electron chi connectivity index (χ2n) is 6.90. The van der Waals surface area contributed by atoms with E-state index in [9.17, 15) is 9.59 Å².